The van der Waals surface area contributed by atoms with E-state index in [9.17, 15) is 0 Å². The zero-order valence-corrected chi connectivity index (χ0v) is 16.2. The number of guanidine groups is 1. The molecule has 2 heterocycles. The van der Waals surface area contributed by atoms with Gasteiger partial charge in [0.05, 0.1) is 5.69 Å². The van der Waals surface area contributed by atoms with Crippen LogP contribution in [0.2, 0.25) is 0 Å². The first-order valence-corrected chi connectivity index (χ1v) is 9.55. The lowest BCUT2D eigenvalue weighted by Gasteiger charge is -2.24. The summed E-state index contributed by atoms with van der Waals surface area (Å²) in [4.78, 5) is 4.37. The Kier molecular flexibility index (Phi) is 4.92. The summed E-state index contributed by atoms with van der Waals surface area (Å²) < 4.78 is 12.9. The van der Waals surface area contributed by atoms with Gasteiger partial charge >= 0.3 is 0 Å². The van der Waals surface area contributed by atoms with E-state index in [2.05, 4.69) is 40.4 Å². The summed E-state index contributed by atoms with van der Waals surface area (Å²) in [6, 6.07) is 6.74. The third kappa shape index (κ3) is 3.86. The van der Waals surface area contributed by atoms with Gasteiger partial charge in [0.2, 0.25) is 6.79 Å². The predicted octanol–water partition coefficient (Wildman–Crippen LogP) is 2.42. The van der Waals surface area contributed by atoms with Crippen molar-refractivity contribution < 1.29 is 9.47 Å². The molecule has 1 unspecified atom stereocenters. The summed E-state index contributed by atoms with van der Waals surface area (Å²) in [6.07, 6.45) is 5.27. The molecular formula is C20H27N5O2. The molecule has 27 heavy (non-hydrogen) atoms. The molecular weight excluding hydrogens is 342 g/mol. The minimum atomic E-state index is 0.297. The predicted molar refractivity (Wildman–Crippen MR) is 104 cm³/mol. The van der Waals surface area contributed by atoms with Crippen LogP contribution in [0.15, 0.2) is 29.4 Å². The molecule has 0 saturated heterocycles. The Morgan fingerprint density at radius 2 is 2.19 bits per heavy atom. The van der Waals surface area contributed by atoms with Crippen LogP contribution in [0.5, 0.6) is 11.5 Å². The van der Waals surface area contributed by atoms with Crippen molar-refractivity contribution in [1.82, 2.24) is 20.4 Å². The van der Waals surface area contributed by atoms with E-state index in [0.717, 1.165) is 42.3 Å². The summed E-state index contributed by atoms with van der Waals surface area (Å²) in [5.74, 6) is 2.42. The van der Waals surface area contributed by atoms with Gasteiger partial charge in [0.25, 0.3) is 0 Å². The van der Waals surface area contributed by atoms with E-state index in [-0.39, 0.29) is 0 Å². The van der Waals surface area contributed by atoms with Crippen molar-refractivity contribution >= 4 is 5.96 Å². The average Bonchev–Trinajstić information content (AvgIpc) is 3.30. The SMILES string of the molecule is CN=C(NCc1ccc2c(c1)OCO2)NC1CCc2cn(C(C)C)nc2C1. The van der Waals surface area contributed by atoms with Crippen LogP contribution in [0.25, 0.3) is 0 Å². The first kappa shape index (κ1) is 17.7. The van der Waals surface area contributed by atoms with Gasteiger partial charge in [0.15, 0.2) is 17.5 Å². The van der Waals surface area contributed by atoms with Gasteiger partial charge in [0, 0.05) is 38.3 Å². The van der Waals surface area contributed by atoms with E-state index in [1.54, 1.807) is 7.05 Å². The largest absolute Gasteiger partial charge is 0.454 e. The van der Waals surface area contributed by atoms with E-state index in [1.807, 2.05) is 18.2 Å². The number of hydrogen-bond donors (Lipinski definition) is 2. The van der Waals surface area contributed by atoms with Crippen molar-refractivity contribution in [2.24, 2.45) is 4.99 Å². The lowest BCUT2D eigenvalue weighted by atomic mass is 9.94. The number of benzene rings is 1. The highest BCUT2D eigenvalue weighted by molar-refractivity contribution is 5.80. The van der Waals surface area contributed by atoms with Gasteiger partial charge in [-0.15, -0.1) is 0 Å². The van der Waals surface area contributed by atoms with E-state index >= 15 is 0 Å². The first-order valence-electron chi connectivity index (χ1n) is 9.55. The molecule has 1 aliphatic carbocycles. The highest BCUT2D eigenvalue weighted by Crippen LogP contribution is 2.32. The molecule has 7 heteroatoms. The number of ether oxygens (including phenoxy) is 2. The molecule has 2 aromatic rings. The van der Waals surface area contributed by atoms with Crippen LogP contribution in [-0.4, -0.2) is 35.6 Å². The molecule has 4 rings (SSSR count). The molecule has 1 aliphatic heterocycles. The summed E-state index contributed by atoms with van der Waals surface area (Å²) in [7, 11) is 1.80. The smallest absolute Gasteiger partial charge is 0.231 e. The average molecular weight is 369 g/mol. The normalized spacial score (nSPS) is 18.5. The molecule has 1 aromatic carbocycles. The van der Waals surface area contributed by atoms with Crippen molar-refractivity contribution in [2.45, 2.75) is 51.7 Å². The molecule has 0 fully saturated rings. The standard InChI is InChI=1S/C20H27N5O2/c1-13(2)25-11-15-5-6-16(9-17(15)24-25)23-20(21-3)22-10-14-4-7-18-19(8-14)27-12-26-18/h4,7-8,11,13,16H,5-6,9-10,12H2,1-3H3,(H2,21,22,23). The highest BCUT2D eigenvalue weighted by Gasteiger charge is 2.23. The molecule has 0 amide bonds. The van der Waals surface area contributed by atoms with Gasteiger partial charge in [-0.05, 0) is 49.9 Å². The molecule has 1 aromatic heterocycles. The Morgan fingerprint density at radius 3 is 3.00 bits per heavy atom. The second-order valence-corrected chi connectivity index (χ2v) is 7.37. The molecule has 0 radical (unpaired) electrons. The fourth-order valence-corrected chi connectivity index (χ4v) is 3.53. The molecule has 0 saturated carbocycles. The van der Waals surface area contributed by atoms with Crippen molar-refractivity contribution in [2.75, 3.05) is 13.8 Å². The first-order chi connectivity index (χ1) is 13.1. The van der Waals surface area contributed by atoms with Crippen molar-refractivity contribution in [1.29, 1.82) is 0 Å². The fraction of sp³-hybridized carbons (Fsp3) is 0.500. The Hall–Kier alpha value is -2.70. The summed E-state index contributed by atoms with van der Waals surface area (Å²) in [5, 5.41) is 11.7. The van der Waals surface area contributed by atoms with Gasteiger partial charge in [-0.3, -0.25) is 9.67 Å². The third-order valence-electron chi connectivity index (χ3n) is 5.09. The maximum absolute atomic E-state index is 5.44. The maximum atomic E-state index is 5.44. The quantitative estimate of drug-likeness (QED) is 0.640. The van der Waals surface area contributed by atoms with Crippen LogP contribution in [0.3, 0.4) is 0 Å². The van der Waals surface area contributed by atoms with Crippen molar-refractivity contribution in [3.63, 3.8) is 0 Å². The van der Waals surface area contributed by atoms with Gasteiger partial charge in [-0.25, -0.2) is 0 Å². The van der Waals surface area contributed by atoms with Crippen molar-refractivity contribution in [3.8, 4) is 11.5 Å². The molecule has 0 spiro atoms. The lowest BCUT2D eigenvalue weighted by Crippen LogP contribution is -2.45. The van der Waals surface area contributed by atoms with Gasteiger partial charge < -0.3 is 20.1 Å². The van der Waals surface area contributed by atoms with E-state index in [4.69, 9.17) is 14.6 Å². The Morgan fingerprint density at radius 1 is 1.33 bits per heavy atom. The van der Waals surface area contributed by atoms with Crippen LogP contribution in [-0.2, 0) is 19.4 Å². The molecule has 144 valence electrons. The number of rotatable bonds is 4. The summed E-state index contributed by atoms with van der Waals surface area (Å²) in [5.41, 5.74) is 3.72. The fourth-order valence-electron chi connectivity index (χ4n) is 3.53. The Bertz CT molecular complexity index is 843. The number of nitrogens with one attached hydrogen (secondary N) is 2. The van der Waals surface area contributed by atoms with Crippen LogP contribution in [0.4, 0.5) is 0 Å². The van der Waals surface area contributed by atoms with E-state index in [0.29, 0.717) is 25.4 Å². The Balaban J connectivity index is 1.34. The van der Waals surface area contributed by atoms with Gasteiger partial charge in [0.1, 0.15) is 0 Å². The van der Waals surface area contributed by atoms with Crippen LogP contribution >= 0.6 is 0 Å². The molecule has 2 N–H and O–H groups in total. The zero-order valence-electron chi connectivity index (χ0n) is 16.2. The topological polar surface area (TPSA) is 72.7 Å². The molecule has 1 atom stereocenters. The third-order valence-corrected chi connectivity index (χ3v) is 5.09. The van der Waals surface area contributed by atoms with Gasteiger partial charge in [-0.1, -0.05) is 6.07 Å². The number of aliphatic imine (C=N–C) groups is 1. The summed E-state index contributed by atoms with van der Waals surface area (Å²) in [6.45, 7) is 5.30. The number of hydrogen-bond acceptors (Lipinski definition) is 4. The monoisotopic (exact) mass is 369 g/mol. The summed E-state index contributed by atoms with van der Waals surface area (Å²) >= 11 is 0. The second kappa shape index (κ2) is 7.50. The van der Waals surface area contributed by atoms with Crippen molar-refractivity contribution in [3.05, 3.63) is 41.2 Å². The second-order valence-electron chi connectivity index (χ2n) is 7.37. The Labute approximate surface area is 159 Å². The van der Waals surface area contributed by atoms with E-state index in [1.165, 1.54) is 11.3 Å². The lowest BCUT2D eigenvalue weighted by molar-refractivity contribution is 0.174. The highest BCUT2D eigenvalue weighted by atomic mass is 16.7. The number of fused-ring (bicyclic) bond motifs is 2. The number of aryl methyl sites for hydroxylation is 1. The minimum absolute atomic E-state index is 0.297. The maximum Gasteiger partial charge on any atom is 0.231 e. The van der Waals surface area contributed by atoms with Gasteiger partial charge in [-0.2, -0.15) is 5.10 Å². The number of nitrogens with zero attached hydrogens (tertiary/aromatic N) is 3. The van der Waals surface area contributed by atoms with Crippen LogP contribution < -0.4 is 20.1 Å². The molecule has 2 aliphatic rings. The molecule has 0 bridgehead atoms. The van der Waals surface area contributed by atoms with Crippen LogP contribution in [0.1, 0.15) is 43.1 Å². The molecule has 7 nitrogen and oxygen atoms in total. The number of aromatic nitrogens is 2. The van der Waals surface area contributed by atoms with Crippen LogP contribution in [0, 0.1) is 0 Å². The minimum Gasteiger partial charge on any atom is -0.454 e. The zero-order chi connectivity index (χ0) is 18.8. The van der Waals surface area contributed by atoms with E-state index < -0.39 is 0 Å².